The van der Waals surface area contributed by atoms with Crippen molar-refractivity contribution in [3.8, 4) is 0 Å². The molecule has 2 aliphatic rings. The van der Waals surface area contributed by atoms with Crippen LogP contribution in [0.2, 0.25) is 0 Å². The van der Waals surface area contributed by atoms with Crippen LogP contribution in [-0.2, 0) is 31.1 Å². The number of benzene rings is 1. The second-order valence-electron chi connectivity index (χ2n) is 8.95. The molecule has 2 atom stereocenters. The molecule has 2 aromatic rings. The third-order valence-electron chi connectivity index (χ3n) is 6.83. The largest absolute Gasteiger partial charge is 0.342 e. The number of carbonyl (C=O) groups is 4. The van der Waals surface area contributed by atoms with Gasteiger partial charge in [-0.05, 0) is 30.0 Å². The smallest absolute Gasteiger partial charge is 0.241 e. The highest BCUT2D eigenvalue weighted by Gasteiger charge is 2.54. The SMILES string of the molecule is CCC(=O)[C@@H]1CCCN(C(=O)C[C@@]2(c3ccccc3)CC(=O)N(Cc3cccnc3)C2=O)C1. The molecule has 0 saturated carbocycles. The first-order valence-corrected chi connectivity index (χ1v) is 11.5. The average Bonchev–Trinajstić information content (AvgIpc) is 3.09. The van der Waals surface area contributed by atoms with Crippen molar-refractivity contribution in [1.29, 1.82) is 0 Å². The second kappa shape index (κ2) is 9.65. The molecule has 3 heterocycles. The van der Waals surface area contributed by atoms with Gasteiger partial charge in [0.15, 0.2) is 0 Å². The van der Waals surface area contributed by atoms with Gasteiger partial charge in [0.1, 0.15) is 5.78 Å². The molecule has 0 bridgehead atoms. The first-order valence-electron chi connectivity index (χ1n) is 11.5. The van der Waals surface area contributed by atoms with Gasteiger partial charge in [0.2, 0.25) is 17.7 Å². The predicted molar refractivity (Wildman–Crippen MR) is 122 cm³/mol. The summed E-state index contributed by atoms with van der Waals surface area (Å²) in [6.45, 7) is 2.93. The Morgan fingerprint density at radius 2 is 1.91 bits per heavy atom. The molecule has 0 aliphatic carbocycles. The minimum atomic E-state index is -1.24. The van der Waals surface area contributed by atoms with Crippen LogP contribution >= 0.6 is 0 Å². The van der Waals surface area contributed by atoms with Crippen LogP contribution < -0.4 is 0 Å². The van der Waals surface area contributed by atoms with Gasteiger partial charge in [-0.15, -0.1) is 0 Å². The number of likely N-dealkylation sites (tertiary alicyclic amines) is 2. The molecular formula is C26H29N3O4. The highest BCUT2D eigenvalue weighted by atomic mass is 16.2. The van der Waals surface area contributed by atoms with Crippen LogP contribution in [0.5, 0.6) is 0 Å². The number of aromatic nitrogens is 1. The Morgan fingerprint density at radius 1 is 1.12 bits per heavy atom. The van der Waals surface area contributed by atoms with E-state index in [1.54, 1.807) is 23.4 Å². The first-order chi connectivity index (χ1) is 15.9. The Balaban J connectivity index is 1.61. The van der Waals surface area contributed by atoms with E-state index in [1.807, 2.05) is 43.3 Å². The molecule has 4 rings (SSSR count). The topological polar surface area (TPSA) is 87.7 Å². The lowest BCUT2D eigenvalue weighted by molar-refractivity contribution is -0.144. The van der Waals surface area contributed by atoms with Crippen molar-refractivity contribution >= 4 is 23.5 Å². The molecule has 0 radical (unpaired) electrons. The minimum absolute atomic E-state index is 0.0486. The van der Waals surface area contributed by atoms with Gasteiger partial charge >= 0.3 is 0 Å². The Morgan fingerprint density at radius 3 is 2.61 bits per heavy atom. The average molecular weight is 448 g/mol. The van der Waals surface area contributed by atoms with Crippen LogP contribution in [0, 0.1) is 5.92 Å². The molecule has 1 aromatic carbocycles. The summed E-state index contributed by atoms with van der Waals surface area (Å²) in [4.78, 5) is 59.4. The quantitative estimate of drug-likeness (QED) is 0.609. The number of pyridine rings is 1. The summed E-state index contributed by atoms with van der Waals surface area (Å²) in [6.07, 6.45) is 5.14. The Bertz CT molecular complexity index is 1040. The summed E-state index contributed by atoms with van der Waals surface area (Å²) in [7, 11) is 0. The van der Waals surface area contributed by atoms with E-state index >= 15 is 0 Å². The van der Waals surface area contributed by atoms with E-state index in [4.69, 9.17) is 0 Å². The van der Waals surface area contributed by atoms with Crippen LogP contribution in [0.3, 0.4) is 0 Å². The van der Waals surface area contributed by atoms with Gasteiger partial charge < -0.3 is 4.90 Å². The molecule has 2 fully saturated rings. The predicted octanol–water partition coefficient (Wildman–Crippen LogP) is 2.89. The van der Waals surface area contributed by atoms with Gasteiger partial charge in [-0.25, -0.2) is 0 Å². The maximum Gasteiger partial charge on any atom is 0.241 e. The highest BCUT2D eigenvalue weighted by molar-refractivity contribution is 6.10. The molecule has 2 saturated heterocycles. The lowest BCUT2D eigenvalue weighted by atomic mass is 9.75. The summed E-state index contributed by atoms with van der Waals surface area (Å²) < 4.78 is 0. The monoisotopic (exact) mass is 447 g/mol. The van der Waals surface area contributed by atoms with Crippen molar-refractivity contribution in [2.75, 3.05) is 13.1 Å². The molecule has 0 N–H and O–H groups in total. The standard InChI is InChI=1S/C26H29N3O4/c1-2-22(30)20-9-7-13-28(18-20)23(31)14-26(21-10-4-3-5-11-21)15-24(32)29(25(26)33)17-19-8-6-12-27-16-19/h3-6,8,10-12,16,20H,2,7,9,13-15,17-18H2,1H3/t20-,26+/m1/s1. The zero-order chi connectivity index (χ0) is 23.4. The molecule has 7 nitrogen and oxygen atoms in total. The Hall–Kier alpha value is -3.35. The van der Waals surface area contributed by atoms with Crippen LogP contribution in [0.25, 0.3) is 0 Å². The number of rotatable bonds is 7. The minimum Gasteiger partial charge on any atom is -0.342 e. The fourth-order valence-electron chi connectivity index (χ4n) is 4.98. The normalized spacial score (nSPS) is 23.1. The van der Waals surface area contributed by atoms with Crippen molar-refractivity contribution in [1.82, 2.24) is 14.8 Å². The maximum atomic E-state index is 13.7. The molecule has 172 valence electrons. The number of ketones is 1. The fraction of sp³-hybridized carbons (Fsp3) is 0.423. The molecule has 0 unspecified atom stereocenters. The molecule has 0 spiro atoms. The lowest BCUT2D eigenvalue weighted by Gasteiger charge is -2.35. The summed E-state index contributed by atoms with van der Waals surface area (Å²) >= 11 is 0. The number of amides is 3. The number of hydrogen-bond acceptors (Lipinski definition) is 5. The van der Waals surface area contributed by atoms with E-state index in [9.17, 15) is 19.2 Å². The number of carbonyl (C=O) groups excluding carboxylic acids is 4. The summed E-state index contributed by atoms with van der Waals surface area (Å²) in [5.74, 6) is -0.812. The zero-order valence-electron chi connectivity index (χ0n) is 18.9. The maximum absolute atomic E-state index is 13.7. The zero-order valence-corrected chi connectivity index (χ0v) is 18.9. The van der Waals surface area contributed by atoms with Gasteiger partial charge in [0.05, 0.1) is 12.0 Å². The van der Waals surface area contributed by atoms with Crippen molar-refractivity contribution < 1.29 is 19.2 Å². The Labute approximate surface area is 193 Å². The van der Waals surface area contributed by atoms with Crippen LogP contribution in [0.15, 0.2) is 54.9 Å². The third-order valence-corrected chi connectivity index (χ3v) is 6.83. The van der Waals surface area contributed by atoms with Crippen molar-refractivity contribution in [2.24, 2.45) is 5.92 Å². The molecular weight excluding hydrogens is 418 g/mol. The molecule has 1 aromatic heterocycles. The summed E-state index contributed by atoms with van der Waals surface area (Å²) in [5, 5.41) is 0. The third kappa shape index (κ3) is 4.58. The van der Waals surface area contributed by atoms with Gasteiger partial charge in [0.25, 0.3) is 0 Å². The summed E-state index contributed by atoms with van der Waals surface area (Å²) in [5.41, 5.74) is 0.189. The van der Waals surface area contributed by atoms with E-state index in [2.05, 4.69) is 4.98 Å². The first kappa shape index (κ1) is 22.8. The number of hydrogen-bond donors (Lipinski definition) is 0. The van der Waals surface area contributed by atoms with Crippen LogP contribution in [-0.4, -0.2) is 51.4 Å². The number of imide groups is 1. The van der Waals surface area contributed by atoms with E-state index in [1.165, 1.54) is 4.90 Å². The molecule has 33 heavy (non-hydrogen) atoms. The van der Waals surface area contributed by atoms with Crippen LogP contribution in [0.4, 0.5) is 0 Å². The van der Waals surface area contributed by atoms with Crippen molar-refractivity contribution in [3.05, 3.63) is 66.0 Å². The van der Waals surface area contributed by atoms with Gasteiger partial charge in [0, 0.05) is 50.7 Å². The number of piperidine rings is 1. The van der Waals surface area contributed by atoms with Crippen molar-refractivity contribution in [3.63, 3.8) is 0 Å². The fourth-order valence-corrected chi connectivity index (χ4v) is 4.98. The van der Waals surface area contributed by atoms with Crippen molar-refractivity contribution in [2.45, 2.75) is 51.0 Å². The molecule has 2 aliphatic heterocycles. The van der Waals surface area contributed by atoms with E-state index in [0.29, 0.717) is 25.1 Å². The highest BCUT2D eigenvalue weighted by Crippen LogP contribution is 2.41. The van der Waals surface area contributed by atoms with Crippen LogP contribution in [0.1, 0.15) is 50.2 Å². The van der Waals surface area contributed by atoms with E-state index < -0.39 is 5.41 Å². The van der Waals surface area contributed by atoms with Gasteiger partial charge in [-0.1, -0.05) is 43.3 Å². The summed E-state index contributed by atoms with van der Waals surface area (Å²) in [6, 6.07) is 12.7. The molecule has 7 heteroatoms. The second-order valence-corrected chi connectivity index (χ2v) is 8.95. The number of Topliss-reactive ketones (excluding diaryl/α,β-unsaturated/α-hetero) is 1. The lowest BCUT2D eigenvalue weighted by Crippen LogP contribution is -2.47. The molecule has 3 amide bonds. The van der Waals surface area contributed by atoms with E-state index in [-0.39, 0.29) is 48.8 Å². The van der Waals surface area contributed by atoms with Gasteiger partial charge in [-0.3, -0.25) is 29.1 Å². The van der Waals surface area contributed by atoms with Gasteiger partial charge in [-0.2, -0.15) is 0 Å². The Kier molecular flexibility index (Phi) is 6.67. The number of nitrogens with zero attached hydrogens (tertiary/aromatic N) is 3. The van der Waals surface area contributed by atoms with E-state index in [0.717, 1.165) is 18.4 Å².